The van der Waals surface area contributed by atoms with Crippen molar-refractivity contribution >= 4 is 27.3 Å². The number of benzene rings is 2. The lowest BCUT2D eigenvalue weighted by atomic mass is 10.1. The van der Waals surface area contributed by atoms with Gasteiger partial charge in [0.25, 0.3) is 11.6 Å². The van der Waals surface area contributed by atoms with Gasteiger partial charge in [0, 0.05) is 23.2 Å². The fraction of sp³-hybridized carbons (Fsp3) is 0.235. The second-order valence-corrected chi connectivity index (χ2v) is 8.44. The van der Waals surface area contributed by atoms with Crippen molar-refractivity contribution in [3.05, 3.63) is 64.0 Å². The Balaban J connectivity index is 2.22. The summed E-state index contributed by atoms with van der Waals surface area (Å²) in [7, 11) is -3.76. The van der Waals surface area contributed by atoms with Crippen LogP contribution in [0.2, 0.25) is 0 Å². The van der Waals surface area contributed by atoms with E-state index in [-0.39, 0.29) is 21.8 Å². The fourth-order valence-electron chi connectivity index (χ4n) is 2.16. The first-order valence-corrected chi connectivity index (χ1v) is 9.27. The predicted octanol–water partition coefficient (Wildman–Crippen LogP) is 3.06. The summed E-state index contributed by atoms with van der Waals surface area (Å²) in [6.45, 7) is 5.08. The molecule has 0 bridgehead atoms. The zero-order valence-electron chi connectivity index (χ0n) is 14.8. The van der Waals surface area contributed by atoms with Gasteiger partial charge in [0.1, 0.15) is 5.82 Å². The fourth-order valence-corrected chi connectivity index (χ4v) is 3.58. The van der Waals surface area contributed by atoms with Gasteiger partial charge in [-0.3, -0.25) is 14.9 Å². The topological polar surface area (TPSA) is 118 Å². The molecule has 1 amide bonds. The molecule has 0 aliphatic heterocycles. The number of rotatable bonds is 5. The van der Waals surface area contributed by atoms with Crippen LogP contribution in [0.1, 0.15) is 31.1 Å². The van der Waals surface area contributed by atoms with E-state index in [1.54, 1.807) is 20.8 Å². The van der Waals surface area contributed by atoms with Crippen molar-refractivity contribution in [1.82, 2.24) is 4.72 Å². The lowest BCUT2D eigenvalue weighted by Gasteiger charge is -2.20. The molecule has 2 N–H and O–H groups in total. The maximum Gasteiger partial charge on any atom is 0.271 e. The van der Waals surface area contributed by atoms with E-state index in [1.165, 1.54) is 24.3 Å². The zero-order valence-corrected chi connectivity index (χ0v) is 15.6. The Bertz CT molecular complexity index is 983. The standard InChI is InChI=1S/C17H18FN3O5S/c1-17(2,3)20-27(25,26)13-7-4-11(5-8-13)16(22)19-15-10-12(21(23)24)6-9-14(15)18/h4-10,20H,1-3H3,(H,19,22). The van der Waals surface area contributed by atoms with Crippen molar-refractivity contribution in [2.45, 2.75) is 31.2 Å². The summed E-state index contributed by atoms with van der Waals surface area (Å²) >= 11 is 0. The molecule has 2 aromatic rings. The summed E-state index contributed by atoms with van der Waals surface area (Å²) in [4.78, 5) is 22.2. The summed E-state index contributed by atoms with van der Waals surface area (Å²) in [5.41, 5.74) is -1.33. The summed E-state index contributed by atoms with van der Waals surface area (Å²) < 4.78 is 40.7. The Morgan fingerprint density at radius 1 is 1.11 bits per heavy atom. The molecule has 27 heavy (non-hydrogen) atoms. The molecule has 0 aliphatic rings. The highest BCUT2D eigenvalue weighted by molar-refractivity contribution is 7.89. The SMILES string of the molecule is CC(C)(C)NS(=O)(=O)c1ccc(C(=O)Nc2cc([N+](=O)[O-])ccc2F)cc1. The molecular formula is C17H18FN3O5S. The van der Waals surface area contributed by atoms with Gasteiger partial charge in [-0.25, -0.2) is 17.5 Å². The van der Waals surface area contributed by atoms with Crippen LogP contribution in [-0.2, 0) is 10.0 Å². The van der Waals surface area contributed by atoms with Gasteiger partial charge in [-0.2, -0.15) is 0 Å². The molecule has 2 aromatic carbocycles. The Kier molecular flexibility index (Phi) is 5.62. The quantitative estimate of drug-likeness (QED) is 0.596. The maximum absolute atomic E-state index is 13.8. The number of sulfonamides is 1. The van der Waals surface area contributed by atoms with Gasteiger partial charge in [-0.1, -0.05) is 0 Å². The number of hydrogen-bond donors (Lipinski definition) is 2. The van der Waals surface area contributed by atoms with Gasteiger partial charge >= 0.3 is 0 Å². The summed E-state index contributed by atoms with van der Waals surface area (Å²) in [6, 6.07) is 7.77. The van der Waals surface area contributed by atoms with E-state index in [9.17, 15) is 27.7 Å². The monoisotopic (exact) mass is 395 g/mol. The minimum atomic E-state index is -3.76. The van der Waals surface area contributed by atoms with Crippen molar-refractivity contribution in [2.75, 3.05) is 5.32 Å². The Morgan fingerprint density at radius 2 is 1.70 bits per heavy atom. The minimum Gasteiger partial charge on any atom is -0.319 e. The minimum absolute atomic E-state index is 0.0319. The summed E-state index contributed by atoms with van der Waals surface area (Å²) in [5, 5.41) is 13.0. The molecule has 0 aliphatic carbocycles. The lowest BCUT2D eigenvalue weighted by molar-refractivity contribution is -0.384. The molecule has 0 unspecified atom stereocenters. The second kappa shape index (κ2) is 7.41. The molecule has 0 radical (unpaired) electrons. The molecule has 0 saturated carbocycles. The number of nitrogens with zero attached hydrogens (tertiary/aromatic N) is 1. The smallest absolute Gasteiger partial charge is 0.271 e. The second-order valence-electron chi connectivity index (χ2n) is 6.76. The van der Waals surface area contributed by atoms with E-state index in [2.05, 4.69) is 10.0 Å². The predicted molar refractivity (Wildman–Crippen MR) is 97.5 cm³/mol. The van der Waals surface area contributed by atoms with Crippen molar-refractivity contribution in [2.24, 2.45) is 0 Å². The van der Waals surface area contributed by atoms with Crippen LogP contribution in [0.15, 0.2) is 47.4 Å². The number of carbonyl (C=O) groups is 1. The first-order chi connectivity index (χ1) is 12.4. The molecule has 0 atom stereocenters. The molecule has 144 valence electrons. The van der Waals surface area contributed by atoms with Crippen LogP contribution in [0.5, 0.6) is 0 Å². The molecule has 10 heteroatoms. The highest BCUT2D eigenvalue weighted by Gasteiger charge is 2.22. The molecule has 0 aromatic heterocycles. The van der Waals surface area contributed by atoms with Crippen molar-refractivity contribution in [3.8, 4) is 0 Å². The number of halogens is 1. The highest BCUT2D eigenvalue weighted by Crippen LogP contribution is 2.22. The maximum atomic E-state index is 13.8. The Labute approximate surface area is 155 Å². The summed E-state index contributed by atoms with van der Waals surface area (Å²) in [6.07, 6.45) is 0. The molecule has 0 heterocycles. The van der Waals surface area contributed by atoms with E-state index >= 15 is 0 Å². The number of nitro groups is 1. The molecular weight excluding hydrogens is 377 g/mol. The van der Waals surface area contributed by atoms with Gasteiger partial charge in [0.15, 0.2) is 0 Å². The molecule has 2 rings (SSSR count). The third-order valence-electron chi connectivity index (χ3n) is 3.28. The zero-order chi connectivity index (χ0) is 20.4. The van der Waals surface area contributed by atoms with Crippen LogP contribution in [0.25, 0.3) is 0 Å². The van der Waals surface area contributed by atoms with Crippen LogP contribution in [0, 0.1) is 15.9 Å². The number of carbonyl (C=O) groups excluding carboxylic acids is 1. The molecule has 0 saturated heterocycles. The van der Waals surface area contributed by atoms with E-state index in [0.717, 1.165) is 18.2 Å². The first kappa shape index (κ1) is 20.5. The number of hydrogen-bond acceptors (Lipinski definition) is 5. The van der Waals surface area contributed by atoms with Crippen molar-refractivity contribution in [3.63, 3.8) is 0 Å². The molecule has 0 spiro atoms. The van der Waals surface area contributed by atoms with Gasteiger partial charge in [0.2, 0.25) is 10.0 Å². The van der Waals surface area contributed by atoms with Gasteiger partial charge in [-0.15, -0.1) is 0 Å². The first-order valence-electron chi connectivity index (χ1n) is 7.78. The third-order valence-corrected chi connectivity index (χ3v) is 5.05. The molecule has 0 fully saturated rings. The largest absolute Gasteiger partial charge is 0.319 e. The Morgan fingerprint density at radius 3 is 2.22 bits per heavy atom. The third kappa shape index (κ3) is 5.31. The van der Waals surface area contributed by atoms with Gasteiger partial charge in [0.05, 0.1) is 15.5 Å². The average molecular weight is 395 g/mol. The highest BCUT2D eigenvalue weighted by atomic mass is 32.2. The normalized spacial score (nSPS) is 11.9. The molecule has 8 nitrogen and oxygen atoms in total. The van der Waals surface area contributed by atoms with Crippen LogP contribution in [-0.4, -0.2) is 24.8 Å². The number of nitro benzene ring substituents is 1. The van der Waals surface area contributed by atoms with Crippen LogP contribution >= 0.6 is 0 Å². The number of amides is 1. The lowest BCUT2D eigenvalue weighted by Crippen LogP contribution is -2.40. The van der Waals surface area contributed by atoms with E-state index in [4.69, 9.17) is 0 Å². The van der Waals surface area contributed by atoms with Gasteiger partial charge < -0.3 is 5.32 Å². The number of anilines is 1. The van der Waals surface area contributed by atoms with Crippen LogP contribution in [0.4, 0.5) is 15.8 Å². The van der Waals surface area contributed by atoms with Crippen LogP contribution in [0.3, 0.4) is 0 Å². The number of nitrogens with one attached hydrogen (secondary N) is 2. The van der Waals surface area contributed by atoms with E-state index in [0.29, 0.717) is 0 Å². The van der Waals surface area contributed by atoms with E-state index in [1.807, 2.05) is 0 Å². The van der Waals surface area contributed by atoms with Crippen LogP contribution < -0.4 is 10.0 Å². The number of non-ortho nitro benzene ring substituents is 1. The average Bonchev–Trinajstić information content (AvgIpc) is 2.54. The van der Waals surface area contributed by atoms with Crippen molar-refractivity contribution in [1.29, 1.82) is 0 Å². The van der Waals surface area contributed by atoms with Crippen molar-refractivity contribution < 1.29 is 22.5 Å². The van der Waals surface area contributed by atoms with Gasteiger partial charge in [-0.05, 0) is 51.1 Å². The van der Waals surface area contributed by atoms with E-state index < -0.39 is 32.2 Å². The summed E-state index contributed by atoms with van der Waals surface area (Å²) in [5.74, 6) is -1.57. The Hall–Kier alpha value is -2.85.